The van der Waals surface area contributed by atoms with Gasteiger partial charge in [-0.2, -0.15) is 5.26 Å². The van der Waals surface area contributed by atoms with Gasteiger partial charge in [0.25, 0.3) is 5.69 Å². The third-order valence-corrected chi connectivity index (χ3v) is 2.03. The Labute approximate surface area is 98.6 Å². The highest BCUT2D eigenvalue weighted by atomic mass is 16.6. The molecule has 0 fully saturated rings. The summed E-state index contributed by atoms with van der Waals surface area (Å²) < 4.78 is 0. The van der Waals surface area contributed by atoms with Gasteiger partial charge in [0.2, 0.25) is 0 Å². The smallest absolute Gasteiger partial charge is 0.293 e. The van der Waals surface area contributed by atoms with Crippen LogP contribution in [0.4, 0.5) is 11.4 Å². The number of nitro benzene ring substituents is 1. The van der Waals surface area contributed by atoms with E-state index in [4.69, 9.17) is 5.26 Å². The maximum absolute atomic E-state index is 10.8. The van der Waals surface area contributed by atoms with Crippen LogP contribution in [0.1, 0.15) is 19.4 Å². The van der Waals surface area contributed by atoms with E-state index in [0.29, 0.717) is 0 Å². The molecule has 0 unspecified atom stereocenters. The van der Waals surface area contributed by atoms with Crippen molar-refractivity contribution in [3.8, 4) is 6.07 Å². The molecule has 1 aromatic rings. The predicted molar refractivity (Wildman–Crippen MR) is 62.6 cm³/mol. The predicted octanol–water partition coefficient (Wildman–Crippen LogP) is 1.65. The Morgan fingerprint density at radius 1 is 1.59 bits per heavy atom. The second kappa shape index (κ2) is 4.80. The first-order valence-corrected chi connectivity index (χ1v) is 4.98. The molecule has 17 heavy (non-hydrogen) atoms. The van der Waals surface area contributed by atoms with Crippen molar-refractivity contribution in [2.75, 3.05) is 11.9 Å². The van der Waals surface area contributed by atoms with Crippen LogP contribution in [0.25, 0.3) is 0 Å². The Morgan fingerprint density at radius 3 is 2.71 bits per heavy atom. The van der Waals surface area contributed by atoms with E-state index in [-0.39, 0.29) is 23.5 Å². The van der Waals surface area contributed by atoms with E-state index >= 15 is 0 Å². The molecule has 0 bridgehead atoms. The lowest BCUT2D eigenvalue weighted by Gasteiger charge is -2.18. The number of benzene rings is 1. The highest BCUT2D eigenvalue weighted by Crippen LogP contribution is 2.25. The lowest BCUT2D eigenvalue weighted by molar-refractivity contribution is -0.384. The molecule has 0 saturated carbocycles. The van der Waals surface area contributed by atoms with E-state index in [2.05, 4.69) is 5.32 Å². The monoisotopic (exact) mass is 235 g/mol. The third kappa shape index (κ3) is 3.74. The quantitative estimate of drug-likeness (QED) is 0.610. The Hall–Kier alpha value is -2.13. The molecular weight excluding hydrogens is 222 g/mol. The highest BCUT2D eigenvalue weighted by molar-refractivity contribution is 5.64. The van der Waals surface area contributed by atoms with E-state index < -0.39 is 10.5 Å². The number of nitrogens with one attached hydrogen (secondary N) is 1. The van der Waals surface area contributed by atoms with Gasteiger partial charge in [0.15, 0.2) is 0 Å². The largest absolute Gasteiger partial charge is 0.389 e. The van der Waals surface area contributed by atoms with Gasteiger partial charge in [0.1, 0.15) is 5.69 Å². The first kappa shape index (κ1) is 12.9. The molecule has 0 saturated heterocycles. The molecule has 90 valence electrons. The molecule has 0 aliphatic carbocycles. The van der Waals surface area contributed by atoms with Crippen LogP contribution in [0.2, 0.25) is 0 Å². The zero-order valence-corrected chi connectivity index (χ0v) is 9.60. The molecule has 6 nitrogen and oxygen atoms in total. The van der Waals surface area contributed by atoms with Crippen molar-refractivity contribution < 1.29 is 10.0 Å². The molecule has 0 radical (unpaired) electrons. The van der Waals surface area contributed by atoms with Gasteiger partial charge in [-0.25, -0.2) is 0 Å². The van der Waals surface area contributed by atoms with Crippen molar-refractivity contribution in [3.63, 3.8) is 0 Å². The van der Waals surface area contributed by atoms with Crippen LogP contribution in [-0.4, -0.2) is 22.2 Å². The van der Waals surface area contributed by atoms with Crippen LogP contribution in [0, 0.1) is 21.4 Å². The van der Waals surface area contributed by atoms with Gasteiger partial charge in [0, 0.05) is 12.6 Å². The van der Waals surface area contributed by atoms with E-state index in [1.165, 1.54) is 18.2 Å². The van der Waals surface area contributed by atoms with Gasteiger partial charge in [-0.3, -0.25) is 10.1 Å². The zero-order valence-electron chi connectivity index (χ0n) is 9.60. The number of anilines is 1. The summed E-state index contributed by atoms with van der Waals surface area (Å²) in [7, 11) is 0. The molecule has 0 aliphatic heterocycles. The van der Waals surface area contributed by atoms with Crippen LogP contribution in [0.15, 0.2) is 18.2 Å². The minimum Gasteiger partial charge on any atom is -0.389 e. The third-order valence-electron chi connectivity index (χ3n) is 2.03. The lowest BCUT2D eigenvalue weighted by Crippen LogP contribution is -2.29. The molecule has 0 spiro atoms. The molecule has 2 N–H and O–H groups in total. The summed E-state index contributed by atoms with van der Waals surface area (Å²) in [5.74, 6) is 0. The summed E-state index contributed by atoms with van der Waals surface area (Å²) in [6.07, 6.45) is 0. The second-order valence-corrected chi connectivity index (χ2v) is 4.27. The minimum absolute atomic E-state index is 0.173. The van der Waals surface area contributed by atoms with Crippen LogP contribution in [0.3, 0.4) is 0 Å². The van der Waals surface area contributed by atoms with Crippen LogP contribution in [0.5, 0.6) is 0 Å². The first-order valence-electron chi connectivity index (χ1n) is 4.98. The number of aliphatic hydroxyl groups is 1. The Bertz CT molecular complexity index is 472. The number of hydrogen-bond donors (Lipinski definition) is 2. The van der Waals surface area contributed by atoms with Gasteiger partial charge in [-0.1, -0.05) is 0 Å². The standard InChI is InChI=1S/C11H13N3O3/c1-11(2,15)7-13-9-4-3-8(6-12)5-10(9)14(16)17/h3-5,13,15H,7H2,1-2H3. The van der Waals surface area contributed by atoms with Crippen LogP contribution in [-0.2, 0) is 0 Å². The second-order valence-electron chi connectivity index (χ2n) is 4.27. The number of hydrogen-bond acceptors (Lipinski definition) is 5. The number of rotatable bonds is 4. The average Bonchev–Trinajstić information content (AvgIpc) is 2.25. The van der Waals surface area contributed by atoms with E-state index in [0.717, 1.165) is 0 Å². The van der Waals surface area contributed by atoms with Crippen molar-refractivity contribution in [2.45, 2.75) is 19.4 Å². The number of nitro groups is 1. The van der Waals surface area contributed by atoms with Crippen molar-refractivity contribution in [1.29, 1.82) is 5.26 Å². The number of nitriles is 1. The molecule has 0 heterocycles. The van der Waals surface area contributed by atoms with Crippen molar-refractivity contribution in [3.05, 3.63) is 33.9 Å². The number of nitrogens with zero attached hydrogens (tertiary/aromatic N) is 2. The maximum Gasteiger partial charge on any atom is 0.293 e. The topological polar surface area (TPSA) is 99.2 Å². The maximum atomic E-state index is 10.8. The van der Waals surface area contributed by atoms with Gasteiger partial charge in [0.05, 0.1) is 22.2 Å². The fraction of sp³-hybridized carbons (Fsp3) is 0.364. The summed E-state index contributed by atoms with van der Waals surface area (Å²) in [6.45, 7) is 3.37. The molecule has 0 amide bonds. The van der Waals surface area contributed by atoms with Crippen LogP contribution >= 0.6 is 0 Å². The van der Waals surface area contributed by atoms with Gasteiger partial charge >= 0.3 is 0 Å². The SMILES string of the molecule is CC(C)(O)CNc1ccc(C#N)cc1[N+](=O)[O-]. The average molecular weight is 235 g/mol. The fourth-order valence-corrected chi connectivity index (χ4v) is 1.21. The first-order chi connectivity index (χ1) is 7.83. The zero-order chi connectivity index (χ0) is 13.1. The van der Waals surface area contributed by atoms with Crippen molar-refractivity contribution in [2.24, 2.45) is 0 Å². The van der Waals surface area contributed by atoms with Gasteiger partial charge in [-0.15, -0.1) is 0 Å². The Balaban J connectivity index is 3.00. The summed E-state index contributed by atoms with van der Waals surface area (Å²) in [6, 6.07) is 5.99. The summed E-state index contributed by atoms with van der Waals surface area (Å²) in [5, 5.41) is 31.8. The summed E-state index contributed by atoms with van der Waals surface area (Å²) in [4.78, 5) is 10.2. The van der Waals surface area contributed by atoms with E-state index in [1.54, 1.807) is 13.8 Å². The van der Waals surface area contributed by atoms with Crippen molar-refractivity contribution >= 4 is 11.4 Å². The molecule has 0 aromatic heterocycles. The lowest BCUT2D eigenvalue weighted by atomic mass is 10.1. The van der Waals surface area contributed by atoms with Gasteiger partial charge in [-0.05, 0) is 26.0 Å². The van der Waals surface area contributed by atoms with Crippen molar-refractivity contribution in [1.82, 2.24) is 0 Å². The fourth-order valence-electron chi connectivity index (χ4n) is 1.21. The van der Waals surface area contributed by atoms with Crippen LogP contribution < -0.4 is 5.32 Å². The molecule has 1 rings (SSSR count). The summed E-state index contributed by atoms with van der Waals surface area (Å²) >= 11 is 0. The minimum atomic E-state index is -0.970. The summed E-state index contributed by atoms with van der Waals surface area (Å²) in [5.41, 5.74) is -0.628. The Kier molecular flexibility index (Phi) is 3.66. The van der Waals surface area contributed by atoms with E-state index in [9.17, 15) is 15.2 Å². The van der Waals surface area contributed by atoms with E-state index in [1.807, 2.05) is 6.07 Å². The molecule has 0 aliphatic rings. The molecular formula is C11H13N3O3. The molecule has 0 atom stereocenters. The molecule has 1 aromatic carbocycles. The normalized spacial score (nSPS) is 10.7. The molecule has 6 heteroatoms. The van der Waals surface area contributed by atoms with Gasteiger partial charge < -0.3 is 10.4 Å². The Morgan fingerprint density at radius 2 is 2.24 bits per heavy atom. The highest BCUT2D eigenvalue weighted by Gasteiger charge is 2.18.